The zero-order valence-corrected chi connectivity index (χ0v) is 7.98. The normalized spacial score (nSPS) is 9.20. The highest BCUT2D eigenvalue weighted by atomic mass is 13.8. The fourth-order valence-corrected chi connectivity index (χ4v) is 0.500. The summed E-state index contributed by atoms with van der Waals surface area (Å²) in [6.07, 6.45) is 9.54. The fourth-order valence-electron chi connectivity index (χ4n) is 0.500. The minimum absolute atomic E-state index is 1.36. The Hall–Kier alpha value is -0.260. The number of allylic oxidation sites excluding steroid dienone is 2. The lowest BCUT2D eigenvalue weighted by atomic mass is 10.2. The van der Waals surface area contributed by atoms with Crippen LogP contribution in [0.1, 0.15) is 53.4 Å². The van der Waals surface area contributed by atoms with Crippen LogP contribution < -0.4 is 0 Å². The van der Waals surface area contributed by atoms with E-state index in [0.717, 1.165) is 0 Å². The van der Waals surface area contributed by atoms with Gasteiger partial charge in [0.1, 0.15) is 0 Å². The van der Waals surface area contributed by atoms with Gasteiger partial charge in [0.15, 0.2) is 0 Å². The largest absolute Gasteiger partial charge is 0.0919 e. The van der Waals surface area contributed by atoms with Crippen molar-refractivity contribution in [1.29, 1.82) is 0 Å². The smallest absolute Gasteiger partial charge is 0.0470 e. The molecule has 0 rings (SSSR count). The van der Waals surface area contributed by atoms with Gasteiger partial charge >= 0.3 is 0 Å². The van der Waals surface area contributed by atoms with E-state index in [1.807, 2.05) is 26.0 Å². The van der Waals surface area contributed by atoms with E-state index in [1.54, 1.807) is 0 Å². The molecule has 10 heavy (non-hydrogen) atoms. The van der Waals surface area contributed by atoms with E-state index in [0.29, 0.717) is 0 Å². The molecule has 0 radical (unpaired) electrons. The van der Waals surface area contributed by atoms with Gasteiger partial charge in [-0.15, -0.1) is 0 Å². The molecule has 0 fully saturated rings. The van der Waals surface area contributed by atoms with Gasteiger partial charge in [-0.05, 0) is 13.8 Å². The fraction of sp³-hybridized carbons (Fsp3) is 0.800. The van der Waals surface area contributed by atoms with Crippen molar-refractivity contribution < 1.29 is 0 Å². The molecular weight excluding hydrogens is 120 g/mol. The first kappa shape index (κ1) is 12.4. The predicted molar refractivity (Wildman–Crippen MR) is 50.3 cm³/mol. The van der Waals surface area contributed by atoms with Crippen molar-refractivity contribution in [3.63, 3.8) is 0 Å². The predicted octanol–water partition coefficient (Wildman–Crippen LogP) is 4.17. The van der Waals surface area contributed by atoms with E-state index in [9.17, 15) is 0 Å². The third-order valence-corrected chi connectivity index (χ3v) is 1.29. The average molecular weight is 142 g/mol. The summed E-state index contributed by atoms with van der Waals surface area (Å²) in [5.74, 6) is 0. The SMILES string of the molecule is CC=CC.CCCCCC. The molecule has 0 atom stereocenters. The first-order chi connectivity index (χ1) is 4.83. The lowest BCUT2D eigenvalue weighted by Gasteiger charge is -1.86. The number of hydrogen-bond acceptors (Lipinski definition) is 0. The summed E-state index contributed by atoms with van der Waals surface area (Å²) >= 11 is 0. The monoisotopic (exact) mass is 142 g/mol. The van der Waals surface area contributed by atoms with Gasteiger partial charge in [0.2, 0.25) is 0 Å². The molecule has 0 spiro atoms. The summed E-state index contributed by atoms with van der Waals surface area (Å²) in [5, 5.41) is 0. The highest BCUT2D eigenvalue weighted by Gasteiger charge is 1.75. The molecule has 0 saturated heterocycles. The standard InChI is InChI=1S/C6H14.C4H8/c1-3-5-6-4-2;1-3-4-2/h3-6H2,1-2H3;3-4H,1-2H3. The summed E-state index contributed by atoms with van der Waals surface area (Å²) in [4.78, 5) is 0. The second kappa shape index (κ2) is 15.9. The molecule has 0 bridgehead atoms. The molecule has 0 saturated carbocycles. The number of rotatable bonds is 3. The van der Waals surface area contributed by atoms with Gasteiger partial charge in [0.25, 0.3) is 0 Å². The van der Waals surface area contributed by atoms with E-state index in [4.69, 9.17) is 0 Å². The van der Waals surface area contributed by atoms with Crippen molar-refractivity contribution in [1.82, 2.24) is 0 Å². The van der Waals surface area contributed by atoms with Crippen molar-refractivity contribution in [2.24, 2.45) is 0 Å². The molecule has 0 unspecified atom stereocenters. The van der Waals surface area contributed by atoms with Crippen molar-refractivity contribution in [3.8, 4) is 0 Å². The van der Waals surface area contributed by atoms with Crippen molar-refractivity contribution in [2.75, 3.05) is 0 Å². The summed E-state index contributed by atoms with van der Waals surface area (Å²) in [6, 6.07) is 0. The van der Waals surface area contributed by atoms with E-state index in [2.05, 4.69) is 13.8 Å². The molecule has 0 amide bonds. The Labute approximate surface area is 66.3 Å². The van der Waals surface area contributed by atoms with Gasteiger partial charge in [-0.1, -0.05) is 51.7 Å². The minimum Gasteiger partial charge on any atom is -0.0919 e. The Kier molecular flexibility index (Phi) is 19.7. The summed E-state index contributed by atoms with van der Waals surface area (Å²) in [7, 11) is 0. The van der Waals surface area contributed by atoms with Crippen LogP contribution in [0.4, 0.5) is 0 Å². The average Bonchev–Trinajstić information content (AvgIpc) is 2.01. The van der Waals surface area contributed by atoms with Crippen LogP contribution >= 0.6 is 0 Å². The summed E-state index contributed by atoms with van der Waals surface area (Å²) < 4.78 is 0. The number of hydrogen-bond donors (Lipinski definition) is 0. The zero-order valence-electron chi connectivity index (χ0n) is 7.98. The van der Waals surface area contributed by atoms with Crippen LogP contribution in [0.3, 0.4) is 0 Å². The maximum absolute atomic E-state index is 2.23. The maximum atomic E-state index is 2.23. The maximum Gasteiger partial charge on any atom is -0.0470 e. The van der Waals surface area contributed by atoms with Gasteiger partial charge in [0, 0.05) is 0 Å². The quantitative estimate of drug-likeness (QED) is 0.410. The third kappa shape index (κ3) is 25.1. The molecule has 62 valence electrons. The lowest BCUT2D eigenvalue weighted by molar-refractivity contribution is 0.702. The minimum atomic E-state index is 1.36. The molecule has 0 heterocycles. The molecule has 0 heteroatoms. The van der Waals surface area contributed by atoms with Gasteiger partial charge < -0.3 is 0 Å². The topological polar surface area (TPSA) is 0 Å². The molecule has 0 nitrogen and oxygen atoms in total. The van der Waals surface area contributed by atoms with Gasteiger partial charge in [-0.3, -0.25) is 0 Å². The third-order valence-electron chi connectivity index (χ3n) is 1.29. The van der Waals surface area contributed by atoms with E-state index in [1.165, 1.54) is 25.7 Å². The Morgan fingerprint density at radius 2 is 1.10 bits per heavy atom. The molecular formula is C10H22. The zero-order chi connectivity index (χ0) is 8.24. The van der Waals surface area contributed by atoms with Crippen LogP contribution in [-0.2, 0) is 0 Å². The Bertz CT molecular complexity index is 45.1. The Balaban J connectivity index is 0. The molecule has 0 aromatic rings. The second-order valence-electron chi connectivity index (χ2n) is 2.37. The highest BCUT2D eigenvalue weighted by molar-refractivity contribution is 4.68. The Morgan fingerprint density at radius 1 is 0.800 bits per heavy atom. The second-order valence-corrected chi connectivity index (χ2v) is 2.37. The Morgan fingerprint density at radius 3 is 1.20 bits per heavy atom. The van der Waals surface area contributed by atoms with E-state index >= 15 is 0 Å². The first-order valence-electron chi connectivity index (χ1n) is 4.40. The lowest BCUT2D eigenvalue weighted by Crippen LogP contribution is -1.66. The van der Waals surface area contributed by atoms with Crippen molar-refractivity contribution >= 4 is 0 Å². The van der Waals surface area contributed by atoms with E-state index in [-0.39, 0.29) is 0 Å². The molecule has 0 N–H and O–H groups in total. The first-order valence-corrected chi connectivity index (χ1v) is 4.40. The summed E-state index contributed by atoms with van der Waals surface area (Å²) in [6.45, 7) is 8.46. The van der Waals surface area contributed by atoms with Crippen LogP contribution in [0.2, 0.25) is 0 Å². The summed E-state index contributed by atoms with van der Waals surface area (Å²) in [5.41, 5.74) is 0. The van der Waals surface area contributed by atoms with Crippen molar-refractivity contribution in [3.05, 3.63) is 12.2 Å². The van der Waals surface area contributed by atoms with Crippen LogP contribution in [0.15, 0.2) is 12.2 Å². The molecule has 0 aromatic carbocycles. The molecule has 0 aliphatic carbocycles. The van der Waals surface area contributed by atoms with Crippen LogP contribution in [-0.4, -0.2) is 0 Å². The molecule has 0 aliphatic rings. The van der Waals surface area contributed by atoms with Gasteiger partial charge in [0.05, 0.1) is 0 Å². The molecule has 0 aliphatic heterocycles. The highest BCUT2D eigenvalue weighted by Crippen LogP contribution is 1.95. The van der Waals surface area contributed by atoms with Crippen LogP contribution in [0.5, 0.6) is 0 Å². The van der Waals surface area contributed by atoms with Gasteiger partial charge in [-0.25, -0.2) is 0 Å². The molecule has 0 aromatic heterocycles. The van der Waals surface area contributed by atoms with Crippen LogP contribution in [0.25, 0.3) is 0 Å². The van der Waals surface area contributed by atoms with Crippen LogP contribution in [0, 0.1) is 0 Å². The van der Waals surface area contributed by atoms with Crippen molar-refractivity contribution in [2.45, 2.75) is 53.4 Å². The van der Waals surface area contributed by atoms with Gasteiger partial charge in [-0.2, -0.15) is 0 Å². The number of unbranched alkanes of at least 4 members (excludes halogenated alkanes) is 3. The van der Waals surface area contributed by atoms with E-state index < -0.39 is 0 Å².